The zero-order valence-corrected chi connectivity index (χ0v) is 13.3. The van der Waals surface area contributed by atoms with Gasteiger partial charge in [0.2, 0.25) is 0 Å². The molecule has 0 spiro atoms. The number of carbonyl (C=O) groups excluding carboxylic acids is 1. The fourth-order valence-corrected chi connectivity index (χ4v) is 3.16. The van der Waals surface area contributed by atoms with Gasteiger partial charge in [-0.15, -0.1) is 0 Å². The molecule has 1 fully saturated rings. The Bertz CT molecular complexity index is 569. The molecule has 0 radical (unpaired) electrons. The molecule has 1 aromatic carbocycles. The Labute approximate surface area is 131 Å². The van der Waals surface area contributed by atoms with Gasteiger partial charge < -0.3 is 21.0 Å². The number of amidine groups is 1. The number of carbonyl (C=O) groups is 1. The van der Waals surface area contributed by atoms with Crippen LogP contribution in [0, 0.1) is 0 Å². The number of benzene rings is 1. The van der Waals surface area contributed by atoms with Gasteiger partial charge >= 0.3 is 0 Å². The molecular weight excluding hydrogens is 338 g/mol. The predicted octanol–water partition coefficient (Wildman–Crippen LogP) is 2.25. The molecule has 0 heterocycles. The van der Waals surface area contributed by atoms with Crippen molar-refractivity contribution >= 4 is 27.7 Å². The standard InChI is InChI=1S/C14H18BrN3O3/c1-21-11-5-4-9(8-10(11)15)12(19)17-14(13(16)18-20)6-2-3-7-14/h4-5,8,20H,2-3,6-7H2,1H3,(H2,16,18)(H,17,19). The first kappa shape index (κ1) is 15.6. The third-order valence-corrected chi connectivity index (χ3v) is 4.44. The lowest BCUT2D eigenvalue weighted by Gasteiger charge is -2.28. The normalized spacial score (nSPS) is 17.5. The van der Waals surface area contributed by atoms with Crippen molar-refractivity contribution in [2.45, 2.75) is 31.2 Å². The van der Waals surface area contributed by atoms with E-state index in [0.29, 0.717) is 28.6 Å². The zero-order chi connectivity index (χ0) is 15.5. The Morgan fingerprint density at radius 1 is 1.48 bits per heavy atom. The van der Waals surface area contributed by atoms with Gasteiger partial charge in [-0.1, -0.05) is 18.0 Å². The van der Waals surface area contributed by atoms with Crippen LogP contribution in [0.1, 0.15) is 36.0 Å². The SMILES string of the molecule is COc1ccc(C(=O)NC2(/C(N)=N/O)CCCC2)cc1Br. The number of rotatable bonds is 4. The molecule has 21 heavy (non-hydrogen) atoms. The average Bonchev–Trinajstić information content (AvgIpc) is 2.95. The van der Waals surface area contributed by atoms with Crippen molar-refractivity contribution in [2.24, 2.45) is 10.9 Å². The molecule has 0 unspecified atom stereocenters. The minimum Gasteiger partial charge on any atom is -0.496 e. The number of nitrogens with one attached hydrogen (secondary N) is 1. The molecule has 0 saturated heterocycles. The Balaban J connectivity index is 2.22. The summed E-state index contributed by atoms with van der Waals surface area (Å²) in [6, 6.07) is 5.07. The number of ether oxygens (including phenoxy) is 1. The molecule has 0 aromatic heterocycles. The molecule has 7 heteroatoms. The third-order valence-electron chi connectivity index (χ3n) is 3.82. The Hall–Kier alpha value is -1.76. The number of hydrogen-bond acceptors (Lipinski definition) is 4. The summed E-state index contributed by atoms with van der Waals surface area (Å²) in [4.78, 5) is 12.4. The molecule has 0 atom stereocenters. The molecule has 1 saturated carbocycles. The molecule has 1 amide bonds. The molecule has 4 N–H and O–H groups in total. The van der Waals surface area contributed by atoms with E-state index < -0.39 is 5.54 Å². The molecular formula is C14H18BrN3O3. The van der Waals surface area contributed by atoms with E-state index >= 15 is 0 Å². The maximum Gasteiger partial charge on any atom is 0.252 e. The molecule has 1 aliphatic carbocycles. The van der Waals surface area contributed by atoms with Crippen LogP contribution in [0.4, 0.5) is 0 Å². The van der Waals surface area contributed by atoms with Crippen molar-refractivity contribution in [1.82, 2.24) is 5.32 Å². The summed E-state index contributed by atoms with van der Waals surface area (Å²) < 4.78 is 5.83. The minimum absolute atomic E-state index is 0.0564. The first-order valence-corrected chi connectivity index (χ1v) is 7.46. The number of nitrogens with two attached hydrogens (primary N) is 1. The van der Waals surface area contributed by atoms with E-state index in [4.69, 9.17) is 15.7 Å². The summed E-state index contributed by atoms with van der Waals surface area (Å²) in [5.74, 6) is 0.450. The molecule has 1 aromatic rings. The first-order valence-electron chi connectivity index (χ1n) is 6.66. The van der Waals surface area contributed by atoms with E-state index in [1.165, 1.54) is 0 Å². The Kier molecular flexibility index (Phi) is 4.72. The fraction of sp³-hybridized carbons (Fsp3) is 0.429. The molecule has 6 nitrogen and oxygen atoms in total. The van der Waals surface area contributed by atoms with Gasteiger partial charge in [0.1, 0.15) is 11.3 Å². The highest BCUT2D eigenvalue weighted by Crippen LogP contribution is 2.31. The van der Waals surface area contributed by atoms with E-state index in [-0.39, 0.29) is 11.7 Å². The second-order valence-corrected chi connectivity index (χ2v) is 5.93. The topological polar surface area (TPSA) is 96.9 Å². The maximum atomic E-state index is 12.4. The van der Waals surface area contributed by atoms with Crippen molar-refractivity contribution in [3.05, 3.63) is 28.2 Å². The Morgan fingerprint density at radius 3 is 2.67 bits per heavy atom. The quantitative estimate of drug-likeness (QED) is 0.334. The highest BCUT2D eigenvalue weighted by Gasteiger charge is 2.40. The number of nitrogens with zero attached hydrogens (tertiary/aromatic N) is 1. The van der Waals surface area contributed by atoms with Crippen molar-refractivity contribution in [3.8, 4) is 5.75 Å². The van der Waals surface area contributed by atoms with E-state index in [1.807, 2.05) is 0 Å². The average molecular weight is 356 g/mol. The summed E-state index contributed by atoms with van der Waals surface area (Å²) >= 11 is 3.35. The molecule has 114 valence electrons. The summed E-state index contributed by atoms with van der Waals surface area (Å²) in [6.45, 7) is 0. The summed E-state index contributed by atoms with van der Waals surface area (Å²) in [5.41, 5.74) is 5.51. The van der Waals surface area contributed by atoms with Gasteiger partial charge in [0.25, 0.3) is 5.91 Å². The van der Waals surface area contributed by atoms with E-state index in [0.717, 1.165) is 12.8 Å². The van der Waals surface area contributed by atoms with Gasteiger partial charge in [-0.3, -0.25) is 4.79 Å². The minimum atomic E-state index is -0.752. The summed E-state index contributed by atoms with van der Waals surface area (Å²) in [6.07, 6.45) is 3.21. The van der Waals surface area contributed by atoms with Gasteiger partial charge in [0.15, 0.2) is 5.84 Å². The smallest absolute Gasteiger partial charge is 0.252 e. The van der Waals surface area contributed by atoms with Gasteiger partial charge in [0.05, 0.1) is 11.6 Å². The number of methoxy groups -OCH3 is 1. The van der Waals surface area contributed by atoms with Crippen LogP contribution in [-0.4, -0.2) is 29.6 Å². The van der Waals surface area contributed by atoms with E-state index in [2.05, 4.69) is 26.4 Å². The van der Waals surface area contributed by atoms with E-state index in [1.54, 1.807) is 25.3 Å². The number of oxime groups is 1. The maximum absolute atomic E-state index is 12.4. The third kappa shape index (κ3) is 3.12. The van der Waals surface area contributed by atoms with Crippen molar-refractivity contribution < 1.29 is 14.7 Å². The second-order valence-electron chi connectivity index (χ2n) is 5.08. The number of amides is 1. The molecule has 0 bridgehead atoms. The monoisotopic (exact) mass is 355 g/mol. The highest BCUT2D eigenvalue weighted by atomic mass is 79.9. The van der Waals surface area contributed by atoms with Crippen LogP contribution in [0.3, 0.4) is 0 Å². The van der Waals surface area contributed by atoms with Gasteiger partial charge in [-0.25, -0.2) is 0 Å². The van der Waals surface area contributed by atoms with Crippen LogP contribution in [0.2, 0.25) is 0 Å². The number of hydrogen-bond donors (Lipinski definition) is 3. The van der Waals surface area contributed by atoms with Crippen LogP contribution in [0.15, 0.2) is 27.8 Å². The van der Waals surface area contributed by atoms with Gasteiger partial charge in [-0.2, -0.15) is 0 Å². The summed E-state index contributed by atoms with van der Waals surface area (Å²) in [5, 5.41) is 14.9. The van der Waals surface area contributed by atoms with Gasteiger partial charge in [-0.05, 0) is 47.0 Å². The lowest BCUT2D eigenvalue weighted by atomic mass is 9.95. The lowest BCUT2D eigenvalue weighted by Crippen LogP contribution is -2.55. The van der Waals surface area contributed by atoms with Crippen molar-refractivity contribution in [1.29, 1.82) is 0 Å². The lowest BCUT2D eigenvalue weighted by molar-refractivity contribution is 0.0922. The van der Waals surface area contributed by atoms with E-state index in [9.17, 15) is 4.79 Å². The van der Waals surface area contributed by atoms with Crippen molar-refractivity contribution in [3.63, 3.8) is 0 Å². The largest absolute Gasteiger partial charge is 0.496 e. The van der Waals surface area contributed by atoms with Crippen LogP contribution in [0.25, 0.3) is 0 Å². The number of halogens is 1. The predicted molar refractivity (Wildman–Crippen MR) is 82.8 cm³/mol. The van der Waals surface area contributed by atoms with Crippen LogP contribution >= 0.6 is 15.9 Å². The van der Waals surface area contributed by atoms with Crippen molar-refractivity contribution in [2.75, 3.05) is 7.11 Å². The second kappa shape index (κ2) is 6.34. The van der Waals surface area contributed by atoms with Crippen LogP contribution < -0.4 is 15.8 Å². The van der Waals surface area contributed by atoms with Crippen LogP contribution in [0.5, 0.6) is 5.75 Å². The first-order chi connectivity index (χ1) is 10.0. The molecule has 2 rings (SSSR count). The molecule has 0 aliphatic heterocycles. The Morgan fingerprint density at radius 2 is 2.14 bits per heavy atom. The van der Waals surface area contributed by atoms with Gasteiger partial charge in [0, 0.05) is 5.56 Å². The zero-order valence-electron chi connectivity index (χ0n) is 11.7. The molecule has 1 aliphatic rings. The summed E-state index contributed by atoms with van der Waals surface area (Å²) in [7, 11) is 1.56. The highest BCUT2D eigenvalue weighted by molar-refractivity contribution is 9.10. The van der Waals surface area contributed by atoms with Crippen LogP contribution in [-0.2, 0) is 0 Å². The fourth-order valence-electron chi connectivity index (χ4n) is 2.62.